The van der Waals surface area contributed by atoms with Crippen LogP contribution in [0, 0.1) is 25.2 Å². The second kappa shape index (κ2) is 11.2. The van der Waals surface area contributed by atoms with Gasteiger partial charge in [0.15, 0.2) is 0 Å². The number of rotatable bonds is 5. The zero-order valence-corrected chi connectivity index (χ0v) is 18.8. The van der Waals surface area contributed by atoms with Gasteiger partial charge >= 0.3 is 0 Å². The maximum absolute atomic E-state index is 12.8. The largest absolute Gasteiger partial charge is 0.373 e. The number of piperazine rings is 2. The fourth-order valence-corrected chi connectivity index (χ4v) is 4.01. The van der Waals surface area contributed by atoms with E-state index in [0.29, 0.717) is 19.6 Å². The summed E-state index contributed by atoms with van der Waals surface area (Å²) >= 11 is 0. The van der Waals surface area contributed by atoms with Gasteiger partial charge in [0.25, 0.3) is 5.91 Å². The lowest BCUT2D eigenvalue weighted by atomic mass is 10.1. The minimum Gasteiger partial charge on any atom is -0.373 e. The van der Waals surface area contributed by atoms with E-state index >= 15 is 0 Å². The Bertz CT molecular complexity index is 789. The van der Waals surface area contributed by atoms with Crippen molar-refractivity contribution in [2.75, 3.05) is 70.3 Å². The molecule has 30 heavy (non-hydrogen) atoms. The van der Waals surface area contributed by atoms with Crippen molar-refractivity contribution in [2.45, 2.75) is 13.8 Å². The van der Waals surface area contributed by atoms with Gasteiger partial charge in [-0.3, -0.25) is 9.69 Å². The molecule has 2 aliphatic rings. The molecule has 3 rings (SSSR count). The van der Waals surface area contributed by atoms with Crippen LogP contribution in [-0.4, -0.2) is 86.1 Å². The number of hydrogen-bond acceptors (Lipinski definition) is 6. The van der Waals surface area contributed by atoms with E-state index in [0.717, 1.165) is 45.8 Å². The van der Waals surface area contributed by atoms with Crippen molar-refractivity contribution < 1.29 is 4.79 Å². The van der Waals surface area contributed by atoms with Crippen LogP contribution < -0.4 is 10.6 Å². The van der Waals surface area contributed by atoms with Gasteiger partial charge in [-0.1, -0.05) is 12.1 Å². The number of hydrogen-bond donors (Lipinski definition) is 1. The highest BCUT2D eigenvalue weighted by molar-refractivity contribution is 5.97. The Hall–Kier alpha value is -2.27. The first kappa shape index (κ1) is 24.0. The fourth-order valence-electron chi connectivity index (χ4n) is 4.01. The first-order valence-electron chi connectivity index (χ1n) is 10.4. The predicted octanol–water partition coefficient (Wildman–Crippen LogP) is 1.36. The summed E-state index contributed by atoms with van der Waals surface area (Å²) in [5, 5.41) is 9.56. The van der Waals surface area contributed by atoms with E-state index in [1.807, 2.05) is 0 Å². The standard InChI is InChI=1S/C22H32N6O.ClH/c1-18-4-3-5-21(19(18)2)27-12-10-26(11-13-27)17-20(16-24)22(29)28-14-8-25(7-6-23)9-15-28;/h3-5,17H,6-15,23H2,1-2H3;1H/b20-17-;. The molecule has 0 spiro atoms. The quantitative estimate of drug-likeness (QED) is 0.559. The summed E-state index contributed by atoms with van der Waals surface area (Å²) in [6.07, 6.45) is 1.76. The summed E-state index contributed by atoms with van der Waals surface area (Å²) in [4.78, 5) is 21.3. The Balaban J connectivity index is 0.00000320. The molecule has 164 valence electrons. The highest BCUT2D eigenvalue weighted by Gasteiger charge is 2.25. The number of aryl methyl sites for hydroxylation is 1. The van der Waals surface area contributed by atoms with Crippen molar-refractivity contribution in [2.24, 2.45) is 5.73 Å². The summed E-state index contributed by atoms with van der Waals surface area (Å²) in [5.74, 6) is -0.156. The number of benzene rings is 1. The Morgan fingerprint density at radius 3 is 2.37 bits per heavy atom. The van der Waals surface area contributed by atoms with Gasteiger partial charge in [-0.05, 0) is 31.0 Å². The first-order chi connectivity index (χ1) is 14.0. The highest BCUT2D eigenvalue weighted by atomic mass is 35.5. The smallest absolute Gasteiger partial charge is 0.266 e. The SMILES string of the molecule is Cc1cccc(N2CCN(/C=C(/C#N)C(=O)N3CCN(CCN)CC3)CC2)c1C.Cl. The number of anilines is 1. The topological polar surface area (TPSA) is 79.8 Å². The summed E-state index contributed by atoms with van der Waals surface area (Å²) in [7, 11) is 0. The van der Waals surface area contributed by atoms with Crippen molar-refractivity contribution >= 4 is 24.0 Å². The third-order valence-corrected chi connectivity index (χ3v) is 6.00. The molecule has 0 radical (unpaired) electrons. The summed E-state index contributed by atoms with van der Waals surface area (Å²) in [6.45, 7) is 12.1. The monoisotopic (exact) mass is 432 g/mol. The molecule has 0 saturated carbocycles. The van der Waals surface area contributed by atoms with E-state index in [1.54, 1.807) is 11.1 Å². The molecule has 1 amide bonds. The molecule has 2 heterocycles. The minimum atomic E-state index is -0.156. The molecule has 2 aliphatic heterocycles. The van der Waals surface area contributed by atoms with Gasteiger partial charge in [0.05, 0.1) is 0 Å². The molecular formula is C22H33ClN6O. The van der Waals surface area contributed by atoms with E-state index in [1.165, 1.54) is 16.8 Å². The normalized spacial score (nSPS) is 18.1. The van der Waals surface area contributed by atoms with Crippen LogP contribution in [0.4, 0.5) is 5.69 Å². The molecule has 1 aromatic rings. The van der Waals surface area contributed by atoms with E-state index in [-0.39, 0.29) is 23.9 Å². The summed E-state index contributed by atoms with van der Waals surface area (Å²) < 4.78 is 0. The van der Waals surface area contributed by atoms with Gasteiger partial charge in [0, 0.05) is 77.3 Å². The number of nitriles is 1. The fraction of sp³-hybridized carbons (Fsp3) is 0.545. The van der Waals surface area contributed by atoms with Crippen molar-refractivity contribution in [3.63, 3.8) is 0 Å². The van der Waals surface area contributed by atoms with E-state index in [4.69, 9.17) is 5.73 Å². The summed E-state index contributed by atoms with van der Waals surface area (Å²) in [6, 6.07) is 8.53. The average Bonchev–Trinajstić information content (AvgIpc) is 2.75. The minimum absolute atomic E-state index is 0. The number of nitrogens with two attached hydrogens (primary N) is 1. The number of carbonyl (C=O) groups is 1. The molecule has 0 aliphatic carbocycles. The lowest BCUT2D eigenvalue weighted by molar-refractivity contribution is -0.128. The van der Waals surface area contributed by atoms with Gasteiger partial charge in [-0.25, -0.2) is 0 Å². The zero-order valence-electron chi connectivity index (χ0n) is 18.0. The zero-order chi connectivity index (χ0) is 20.8. The third-order valence-electron chi connectivity index (χ3n) is 6.00. The van der Waals surface area contributed by atoms with Gasteiger partial charge in [0.2, 0.25) is 0 Å². The highest BCUT2D eigenvalue weighted by Crippen LogP contribution is 2.24. The molecule has 2 fully saturated rings. The molecule has 2 saturated heterocycles. The van der Waals surface area contributed by atoms with Crippen molar-refractivity contribution in [3.8, 4) is 6.07 Å². The third kappa shape index (κ3) is 5.66. The Kier molecular flexibility index (Phi) is 8.97. The first-order valence-corrected chi connectivity index (χ1v) is 10.4. The van der Waals surface area contributed by atoms with Crippen LogP contribution in [-0.2, 0) is 4.79 Å². The average molecular weight is 433 g/mol. The van der Waals surface area contributed by atoms with E-state index < -0.39 is 0 Å². The van der Waals surface area contributed by atoms with Crippen LogP contribution in [0.5, 0.6) is 0 Å². The van der Waals surface area contributed by atoms with Crippen LogP contribution >= 0.6 is 12.4 Å². The van der Waals surface area contributed by atoms with Gasteiger partial charge in [-0.15, -0.1) is 12.4 Å². The second-order valence-corrected chi connectivity index (χ2v) is 7.82. The number of halogens is 1. The molecule has 0 aromatic heterocycles. The molecular weight excluding hydrogens is 400 g/mol. The van der Waals surface area contributed by atoms with E-state index in [2.05, 4.69) is 52.8 Å². The van der Waals surface area contributed by atoms with Crippen LogP contribution in [0.3, 0.4) is 0 Å². The number of carbonyl (C=O) groups excluding carboxylic acids is 1. The van der Waals surface area contributed by atoms with Gasteiger partial charge in [0.1, 0.15) is 11.6 Å². The van der Waals surface area contributed by atoms with Crippen LogP contribution in [0.25, 0.3) is 0 Å². The van der Waals surface area contributed by atoms with Crippen LogP contribution in [0.15, 0.2) is 30.0 Å². The molecule has 8 heteroatoms. The Morgan fingerprint density at radius 1 is 1.10 bits per heavy atom. The molecule has 7 nitrogen and oxygen atoms in total. The van der Waals surface area contributed by atoms with Crippen molar-refractivity contribution in [1.29, 1.82) is 5.26 Å². The molecule has 2 N–H and O–H groups in total. The van der Waals surface area contributed by atoms with Crippen LogP contribution in [0.2, 0.25) is 0 Å². The van der Waals surface area contributed by atoms with Crippen molar-refractivity contribution in [3.05, 3.63) is 41.1 Å². The number of amides is 1. The molecule has 0 bridgehead atoms. The lowest BCUT2D eigenvalue weighted by Gasteiger charge is -2.37. The summed E-state index contributed by atoms with van der Waals surface area (Å²) in [5.41, 5.74) is 9.74. The second-order valence-electron chi connectivity index (χ2n) is 7.82. The lowest BCUT2D eigenvalue weighted by Crippen LogP contribution is -2.50. The van der Waals surface area contributed by atoms with Crippen LogP contribution in [0.1, 0.15) is 11.1 Å². The predicted molar refractivity (Wildman–Crippen MR) is 123 cm³/mol. The Morgan fingerprint density at radius 2 is 1.77 bits per heavy atom. The Labute approximate surface area is 186 Å². The maximum Gasteiger partial charge on any atom is 0.266 e. The van der Waals surface area contributed by atoms with Gasteiger partial charge in [-0.2, -0.15) is 5.26 Å². The maximum atomic E-state index is 12.8. The molecule has 0 atom stereocenters. The molecule has 1 aromatic carbocycles. The number of nitrogens with zero attached hydrogens (tertiary/aromatic N) is 5. The van der Waals surface area contributed by atoms with Crippen molar-refractivity contribution in [1.82, 2.24) is 14.7 Å². The molecule has 0 unspecified atom stereocenters. The van der Waals surface area contributed by atoms with E-state index in [9.17, 15) is 10.1 Å². The van der Waals surface area contributed by atoms with Gasteiger partial charge < -0.3 is 20.4 Å².